The average molecular weight is 290 g/mol. The lowest BCUT2D eigenvalue weighted by atomic mass is 10.1. The van der Waals surface area contributed by atoms with E-state index in [4.69, 9.17) is 0 Å². The summed E-state index contributed by atoms with van der Waals surface area (Å²) >= 11 is 1.57. The highest BCUT2D eigenvalue weighted by Gasteiger charge is 2.16. The number of hydrogen-bond acceptors (Lipinski definition) is 3. The number of fused-ring (bicyclic) bond motifs is 1. The Morgan fingerprint density at radius 2 is 2.10 bits per heavy atom. The second kappa shape index (κ2) is 5.71. The monoisotopic (exact) mass is 290 g/mol. The van der Waals surface area contributed by atoms with Crippen molar-refractivity contribution in [3.05, 3.63) is 45.7 Å². The molecule has 5 heteroatoms. The molecule has 20 heavy (non-hydrogen) atoms. The molecule has 3 rings (SSSR count). The third kappa shape index (κ3) is 2.88. The lowest BCUT2D eigenvalue weighted by Gasteiger charge is -2.02. The van der Waals surface area contributed by atoms with Gasteiger partial charge in [-0.3, -0.25) is 4.79 Å². The number of thiophene rings is 1. The van der Waals surface area contributed by atoms with E-state index in [0.717, 1.165) is 17.7 Å². The lowest BCUT2D eigenvalue weighted by Crippen LogP contribution is -2.10. The number of aromatic nitrogens is 1. The maximum Gasteiger partial charge on any atom is 0.265 e. The minimum Gasteiger partial charge on any atom is -0.320 e. The number of nitrogens with zero attached hydrogens (tertiary/aromatic N) is 1. The smallest absolute Gasteiger partial charge is 0.265 e. The van der Waals surface area contributed by atoms with Crippen molar-refractivity contribution in [1.82, 2.24) is 4.98 Å². The van der Waals surface area contributed by atoms with Gasteiger partial charge in [-0.25, -0.2) is 4.98 Å². The minimum absolute atomic E-state index is 0.142. The predicted molar refractivity (Wildman–Crippen MR) is 77.7 cm³/mol. The Hall–Kier alpha value is -1.75. The SMILES string of the molecule is O=C(Nc1ccc(F)nc1)c1cc2c(s1)CCCCC2. The largest absolute Gasteiger partial charge is 0.320 e. The molecular weight excluding hydrogens is 275 g/mol. The van der Waals surface area contributed by atoms with Crippen LogP contribution in [0.15, 0.2) is 24.4 Å². The Morgan fingerprint density at radius 1 is 1.25 bits per heavy atom. The number of anilines is 1. The maximum atomic E-state index is 12.7. The molecule has 2 heterocycles. The fourth-order valence-electron chi connectivity index (χ4n) is 2.42. The topological polar surface area (TPSA) is 42.0 Å². The Balaban J connectivity index is 1.75. The first-order valence-electron chi connectivity index (χ1n) is 6.77. The Morgan fingerprint density at radius 3 is 2.90 bits per heavy atom. The first-order valence-corrected chi connectivity index (χ1v) is 7.58. The van der Waals surface area contributed by atoms with Crippen LogP contribution in [0.25, 0.3) is 0 Å². The molecule has 0 atom stereocenters. The van der Waals surface area contributed by atoms with Gasteiger partial charge in [-0.05, 0) is 49.4 Å². The zero-order valence-corrected chi connectivity index (χ0v) is 11.8. The van der Waals surface area contributed by atoms with Crippen LogP contribution >= 0.6 is 11.3 Å². The number of nitrogens with one attached hydrogen (secondary N) is 1. The van der Waals surface area contributed by atoms with Gasteiger partial charge in [0.2, 0.25) is 5.95 Å². The summed E-state index contributed by atoms with van der Waals surface area (Å²) in [4.78, 5) is 17.8. The molecule has 0 saturated heterocycles. The molecule has 0 saturated carbocycles. The van der Waals surface area contributed by atoms with Gasteiger partial charge in [0.05, 0.1) is 16.8 Å². The average Bonchev–Trinajstić information content (AvgIpc) is 2.73. The molecule has 1 aliphatic rings. The molecular formula is C15H15FN2OS. The minimum atomic E-state index is -0.550. The van der Waals surface area contributed by atoms with Crippen molar-refractivity contribution < 1.29 is 9.18 Å². The van der Waals surface area contributed by atoms with Crippen LogP contribution in [0.2, 0.25) is 0 Å². The fraction of sp³-hybridized carbons (Fsp3) is 0.333. The van der Waals surface area contributed by atoms with Crippen LogP contribution in [-0.4, -0.2) is 10.9 Å². The number of aryl methyl sites for hydroxylation is 2. The van der Waals surface area contributed by atoms with E-state index in [0.29, 0.717) is 5.69 Å². The van der Waals surface area contributed by atoms with Crippen molar-refractivity contribution in [3.63, 3.8) is 0 Å². The van der Waals surface area contributed by atoms with Gasteiger partial charge in [0.15, 0.2) is 0 Å². The molecule has 0 aliphatic heterocycles. The molecule has 0 radical (unpaired) electrons. The molecule has 1 amide bonds. The van der Waals surface area contributed by atoms with Crippen molar-refractivity contribution in [1.29, 1.82) is 0 Å². The molecule has 104 valence electrons. The normalized spacial score (nSPS) is 14.4. The molecule has 0 aromatic carbocycles. The number of carbonyl (C=O) groups is 1. The molecule has 0 spiro atoms. The second-order valence-corrected chi connectivity index (χ2v) is 6.08. The van der Waals surface area contributed by atoms with Gasteiger partial charge in [0.25, 0.3) is 5.91 Å². The van der Waals surface area contributed by atoms with E-state index in [-0.39, 0.29) is 5.91 Å². The third-order valence-electron chi connectivity index (χ3n) is 3.46. The number of halogens is 1. The van der Waals surface area contributed by atoms with Gasteiger partial charge < -0.3 is 5.32 Å². The van der Waals surface area contributed by atoms with Gasteiger partial charge in [-0.15, -0.1) is 11.3 Å². The van der Waals surface area contributed by atoms with Crippen LogP contribution in [0.5, 0.6) is 0 Å². The summed E-state index contributed by atoms with van der Waals surface area (Å²) < 4.78 is 12.7. The van der Waals surface area contributed by atoms with Gasteiger partial charge in [0.1, 0.15) is 0 Å². The fourth-order valence-corrected chi connectivity index (χ4v) is 3.57. The number of carbonyl (C=O) groups excluding carboxylic acids is 1. The van der Waals surface area contributed by atoms with Gasteiger partial charge >= 0.3 is 0 Å². The van der Waals surface area contributed by atoms with E-state index < -0.39 is 5.95 Å². The van der Waals surface area contributed by atoms with E-state index in [1.165, 1.54) is 48.0 Å². The first-order chi connectivity index (χ1) is 9.72. The first kappa shape index (κ1) is 13.2. The molecule has 0 fully saturated rings. The summed E-state index contributed by atoms with van der Waals surface area (Å²) in [5.41, 5.74) is 1.83. The van der Waals surface area contributed by atoms with E-state index in [9.17, 15) is 9.18 Å². The summed E-state index contributed by atoms with van der Waals surface area (Å²) in [6.07, 6.45) is 7.14. The Labute approximate surface area is 120 Å². The van der Waals surface area contributed by atoms with Gasteiger partial charge in [0, 0.05) is 4.88 Å². The summed E-state index contributed by atoms with van der Waals surface area (Å²) in [7, 11) is 0. The zero-order chi connectivity index (χ0) is 13.9. The number of pyridine rings is 1. The maximum absolute atomic E-state index is 12.7. The molecule has 0 unspecified atom stereocenters. The van der Waals surface area contributed by atoms with Crippen LogP contribution in [0.1, 0.15) is 39.4 Å². The zero-order valence-electron chi connectivity index (χ0n) is 11.0. The summed E-state index contributed by atoms with van der Waals surface area (Å²) in [5.74, 6) is -0.692. The highest BCUT2D eigenvalue weighted by Crippen LogP contribution is 2.29. The van der Waals surface area contributed by atoms with Gasteiger partial charge in [-0.1, -0.05) is 6.42 Å². The van der Waals surface area contributed by atoms with Crippen molar-refractivity contribution in [2.75, 3.05) is 5.32 Å². The second-order valence-electron chi connectivity index (χ2n) is 4.94. The number of amides is 1. The number of hydrogen-bond donors (Lipinski definition) is 1. The predicted octanol–water partition coefficient (Wildman–Crippen LogP) is 3.80. The van der Waals surface area contributed by atoms with E-state index in [1.54, 1.807) is 11.3 Å². The van der Waals surface area contributed by atoms with E-state index >= 15 is 0 Å². The highest BCUT2D eigenvalue weighted by atomic mass is 32.1. The van der Waals surface area contributed by atoms with Crippen LogP contribution in [-0.2, 0) is 12.8 Å². The molecule has 2 aromatic rings. The molecule has 1 N–H and O–H groups in total. The van der Waals surface area contributed by atoms with Crippen molar-refractivity contribution in [2.24, 2.45) is 0 Å². The Bertz CT molecular complexity index is 598. The van der Waals surface area contributed by atoms with E-state index in [2.05, 4.69) is 10.3 Å². The summed E-state index contributed by atoms with van der Waals surface area (Å²) in [5, 5.41) is 2.75. The van der Waals surface area contributed by atoms with Crippen molar-refractivity contribution in [3.8, 4) is 0 Å². The van der Waals surface area contributed by atoms with E-state index in [1.807, 2.05) is 6.07 Å². The molecule has 1 aliphatic carbocycles. The van der Waals surface area contributed by atoms with Crippen LogP contribution < -0.4 is 5.32 Å². The van der Waals surface area contributed by atoms with Crippen molar-refractivity contribution in [2.45, 2.75) is 32.1 Å². The van der Waals surface area contributed by atoms with Crippen LogP contribution in [0.4, 0.5) is 10.1 Å². The highest BCUT2D eigenvalue weighted by molar-refractivity contribution is 7.14. The lowest BCUT2D eigenvalue weighted by molar-refractivity contribution is 0.103. The molecule has 2 aromatic heterocycles. The molecule has 3 nitrogen and oxygen atoms in total. The van der Waals surface area contributed by atoms with Crippen LogP contribution in [0.3, 0.4) is 0 Å². The summed E-state index contributed by atoms with van der Waals surface area (Å²) in [6.45, 7) is 0. The summed E-state index contributed by atoms with van der Waals surface area (Å²) in [6, 6.07) is 4.75. The quantitative estimate of drug-likeness (QED) is 0.675. The Kier molecular flexibility index (Phi) is 3.78. The third-order valence-corrected chi connectivity index (χ3v) is 4.69. The molecule has 0 bridgehead atoms. The van der Waals surface area contributed by atoms with Crippen molar-refractivity contribution >= 4 is 22.9 Å². The van der Waals surface area contributed by atoms with Crippen LogP contribution in [0, 0.1) is 5.95 Å². The van der Waals surface area contributed by atoms with Gasteiger partial charge in [-0.2, -0.15) is 4.39 Å². The number of rotatable bonds is 2. The standard InChI is InChI=1S/C15H15FN2OS/c16-14-7-6-11(9-17-14)18-15(19)13-8-10-4-2-1-3-5-12(10)20-13/h6-9H,1-5H2,(H,18,19).